The molecular formula is C19H18F3NO5. The molecule has 6 nitrogen and oxygen atoms in total. The number of benzene rings is 1. The van der Waals surface area contributed by atoms with E-state index >= 15 is 0 Å². The number of carbonyl (C=O) groups is 2. The molecule has 1 aromatic heterocycles. The minimum Gasteiger partial charge on any atom is -0.478 e. The average molecular weight is 397 g/mol. The third-order valence-corrected chi connectivity index (χ3v) is 4.01. The molecule has 0 saturated carbocycles. The van der Waals surface area contributed by atoms with Crippen LogP contribution >= 0.6 is 0 Å². The van der Waals surface area contributed by atoms with Gasteiger partial charge in [0.15, 0.2) is 0 Å². The van der Waals surface area contributed by atoms with Gasteiger partial charge in [-0.1, -0.05) is 18.2 Å². The van der Waals surface area contributed by atoms with E-state index in [2.05, 4.69) is 4.98 Å². The fourth-order valence-electron chi connectivity index (χ4n) is 2.88. The molecule has 0 aliphatic rings. The van der Waals surface area contributed by atoms with Gasteiger partial charge in [0.2, 0.25) is 0 Å². The molecular weight excluding hydrogens is 379 g/mol. The van der Waals surface area contributed by atoms with Crippen molar-refractivity contribution in [3.63, 3.8) is 0 Å². The van der Waals surface area contributed by atoms with Crippen molar-refractivity contribution >= 4 is 11.9 Å². The van der Waals surface area contributed by atoms with Gasteiger partial charge in [-0.05, 0) is 25.5 Å². The number of ether oxygens (including phenoxy) is 1. The van der Waals surface area contributed by atoms with Crippen LogP contribution in [0.4, 0.5) is 13.2 Å². The Balaban J connectivity index is 2.85. The maximum atomic E-state index is 13.5. The van der Waals surface area contributed by atoms with Crippen molar-refractivity contribution in [2.24, 2.45) is 0 Å². The second kappa shape index (κ2) is 8.39. The monoisotopic (exact) mass is 397 g/mol. The predicted molar refractivity (Wildman–Crippen MR) is 93.1 cm³/mol. The first kappa shape index (κ1) is 21.4. The summed E-state index contributed by atoms with van der Waals surface area (Å²) in [5.41, 5.74) is -2.75. The first-order chi connectivity index (χ1) is 13.1. The Bertz CT molecular complexity index is 909. The highest BCUT2D eigenvalue weighted by atomic mass is 19.4. The molecule has 1 aromatic carbocycles. The van der Waals surface area contributed by atoms with Crippen molar-refractivity contribution in [3.05, 3.63) is 52.3 Å². The SMILES string of the molecule is Cc1nc(C)c(C(=O)OCCCO)c(-c2ccccc2C(F)(F)F)c1C(=O)O. The molecule has 0 atom stereocenters. The molecule has 0 amide bonds. The maximum absolute atomic E-state index is 13.5. The smallest absolute Gasteiger partial charge is 0.417 e. The summed E-state index contributed by atoms with van der Waals surface area (Å²) < 4.78 is 45.6. The predicted octanol–water partition coefficient (Wildman–Crippen LogP) is 3.62. The number of carbonyl (C=O) groups excluding carboxylic acids is 1. The molecule has 0 fully saturated rings. The van der Waals surface area contributed by atoms with Gasteiger partial charge in [-0.2, -0.15) is 13.2 Å². The quantitative estimate of drug-likeness (QED) is 0.571. The summed E-state index contributed by atoms with van der Waals surface area (Å²) >= 11 is 0. The molecule has 28 heavy (non-hydrogen) atoms. The van der Waals surface area contributed by atoms with Crippen LogP contribution in [0.15, 0.2) is 24.3 Å². The lowest BCUT2D eigenvalue weighted by Gasteiger charge is -2.19. The minimum absolute atomic E-state index is 0.0242. The standard InChI is InChI=1S/C19H18F3NO5/c1-10-14(17(25)26)16(12-6-3-4-7-13(12)19(20,21)22)15(11(2)23-10)18(27)28-9-5-8-24/h3-4,6-7,24H,5,8-9H2,1-2H3,(H,25,26). The van der Waals surface area contributed by atoms with Gasteiger partial charge in [-0.25, -0.2) is 9.59 Å². The summed E-state index contributed by atoms with van der Waals surface area (Å²) in [5.74, 6) is -2.52. The number of aromatic nitrogens is 1. The van der Waals surface area contributed by atoms with Crippen molar-refractivity contribution in [1.82, 2.24) is 4.98 Å². The first-order valence-corrected chi connectivity index (χ1v) is 8.28. The Kier molecular flexibility index (Phi) is 6.40. The van der Waals surface area contributed by atoms with Crippen LogP contribution in [0.3, 0.4) is 0 Å². The van der Waals surface area contributed by atoms with Crippen LogP contribution in [0, 0.1) is 13.8 Å². The third kappa shape index (κ3) is 4.30. The van der Waals surface area contributed by atoms with E-state index < -0.39 is 34.8 Å². The van der Waals surface area contributed by atoms with E-state index in [1.54, 1.807) is 0 Å². The Morgan fingerprint density at radius 2 is 1.71 bits per heavy atom. The number of alkyl halides is 3. The number of aromatic carboxylic acids is 1. The van der Waals surface area contributed by atoms with Crippen molar-refractivity contribution in [2.45, 2.75) is 26.4 Å². The number of hydrogen-bond donors (Lipinski definition) is 2. The van der Waals surface area contributed by atoms with Crippen LogP contribution in [0.5, 0.6) is 0 Å². The van der Waals surface area contributed by atoms with E-state index in [-0.39, 0.29) is 42.1 Å². The number of hydrogen-bond acceptors (Lipinski definition) is 5. The number of halogens is 3. The number of pyridine rings is 1. The van der Waals surface area contributed by atoms with Gasteiger partial charge in [-0.15, -0.1) is 0 Å². The Labute approximate surface area is 158 Å². The third-order valence-electron chi connectivity index (χ3n) is 4.01. The number of nitrogens with zero attached hydrogens (tertiary/aromatic N) is 1. The number of aliphatic hydroxyl groups is 1. The minimum atomic E-state index is -4.77. The van der Waals surface area contributed by atoms with Crippen LogP contribution in [0.25, 0.3) is 11.1 Å². The lowest BCUT2D eigenvalue weighted by atomic mass is 9.89. The maximum Gasteiger partial charge on any atom is 0.417 e. The lowest BCUT2D eigenvalue weighted by molar-refractivity contribution is -0.137. The summed E-state index contributed by atoms with van der Waals surface area (Å²) in [4.78, 5) is 28.4. The Morgan fingerprint density at radius 3 is 2.29 bits per heavy atom. The van der Waals surface area contributed by atoms with E-state index in [0.29, 0.717) is 0 Å². The molecule has 2 N–H and O–H groups in total. The van der Waals surface area contributed by atoms with Gasteiger partial charge in [0.05, 0.1) is 34.7 Å². The van der Waals surface area contributed by atoms with Crippen molar-refractivity contribution in [1.29, 1.82) is 0 Å². The van der Waals surface area contributed by atoms with Crippen LogP contribution < -0.4 is 0 Å². The molecule has 0 aliphatic heterocycles. The highest BCUT2D eigenvalue weighted by Crippen LogP contribution is 2.40. The normalized spacial score (nSPS) is 11.4. The molecule has 0 radical (unpaired) electrons. The largest absolute Gasteiger partial charge is 0.478 e. The lowest BCUT2D eigenvalue weighted by Crippen LogP contribution is -2.18. The zero-order valence-electron chi connectivity index (χ0n) is 15.1. The summed E-state index contributed by atoms with van der Waals surface area (Å²) in [6.45, 7) is 2.31. The van der Waals surface area contributed by atoms with E-state index in [9.17, 15) is 27.9 Å². The summed E-state index contributed by atoms with van der Waals surface area (Å²) in [6.07, 6.45) is -4.64. The molecule has 2 aromatic rings. The Morgan fingerprint density at radius 1 is 1.11 bits per heavy atom. The fourth-order valence-corrected chi connectivity index (χ4v) is 2.88. The molecule has 0 bridgehead atoms. The van der Waals surface area contributed by atoms with Crippen LogP contribution in [-0.2, 0) is 10.9 Å². The second-order valence-electron chi connectivity index (χ2n) is 5.97. The van der Waals surface area contributed by atoms with Gasteiger partial charge in [-0.3, -0.25) is 4.98 Å². The second-order valence-corrected chi connectivity index (χ2v) is 5.97. The molecule has 9 heteroatoms. The zero-order valence-corrected chi connectivity index (χ0v) is 15.1. The van der Waals surface area contributed by atoms with E-state index in [4.69, 9.17) is 9.84 Å². The number of rotatable bonds is 6. The van der Waals surface area contributed by atoms with E-state index in [0.717, 1.165) is 12.1 Å². The molecule has 0 saturated heterocycles. The fraction of sp³-hybridized carbons (Fsp3) is 0.316. The highest BCUT2D eigenvalue weighted by molar-refractivity contribution is 6.07. The molecule has 0 spiro atoms. The van der Waals surface area contributed by atoms with E-state index in [1.807, 2.05) is 0 Å². The van der Waals surface area contributed by atoms with E-state index in [1.165, 1.54) is 26.0 Å². The van der Waals surface area contributed by atoms with Crippen molar-refractivity contribution in [2.75, 3.05) is 13.2 Å². The highest BCUT2D eigenvalue weighted by Gasteiger charge is 2.36. The molecule has 0 aliphatic carbocycles. The Hall–Kier alpha value is -2.94. The number of aryl methyl sites for hydroxylation is 2. The van der Waals surface area contributed by atoms with Crippen molar-refractivity contribution in [3.8, 4) is 11.1 Å². The van der Waals surface area contributed by atoms with Crippen molar-refractivity contribution < 1.29 is 37.7 Å². The van der Waals surface area contributed by atoms with Gasteiger partial charge < -0.3 is 14.9 Å². The van der Waals surface area contributed by atoms with Crippen LogP contribution in [0.1, 0.15) is 44.1 Å². The number of carboxylic acid groups (broad SMARTS) is 1. The average Bonchev–Trinajstić information content (AvgIpc) is 2.60. The van der Waals surface area contributed by atoms with Gasteiger partial charge in [0, 0.05) is 18.6 Å². The summed E-state index contributed by atoms with van der Waals surface area (Å²) in [6, 6.07) is 4.41. The zero-order chi connectivity index (χ0) is 21.1. The van der Waals surface area contributed by atoms with Crippen LogP contribution in [-0.4, -0.2) is 40.3 Å². The topological polar surface area (TPSA) is 96.7 Å². The molecule has 2 rings (SSSR count). The molecule has 1 heterocycles. The molecule has 0 unspecified atom stereocenters. The number of esters is 1. The number of carboxylic acids is 1. The van der Waals surface area contributed by atoms with Gasteiger partial charge in [0.1, 0.15) is 0 Å². The van der Waals surface area contributed by atoms with Crippen LogP contribution in [0.2, 0.25) is 0 Å². The first-order valence-electron chi connectivity index (χ1n) is 8.28. The van der Waals surface area contributed by atoms with Gasteiger partial charge in [0.25, 0.3) is 0 Å². The van der Waals surface area contributed by atoms with Gasteiger partial charge >= 0.3 is 18.1 Å². The number of aliphatic hydroxyl groups excluding tert-OH is 1. The molecule has 150 valence electrons. The summed E-state index contributed by atoms with van der Waals surface area (Å²) in [7, 11) is 0. The summed E-state index contributed by atoms with van der Waals surface area (Å²) in [5, 5.41) is 18.4.